The van der Waals surface area contributed by atoms with Crippen LogP contribution in [0.1, 0.15) is 59.6 Å². The van der Waals surface area contributed by atoms with Crippen molar-refractivity contribution in [2.75, 3.05) is 59.2 Å². The summed E-state index contributed by atoms with van der Waals surface area (Å²) < 4.78 is 14.3. The second-order valence-corrected chi connectivity index (χ2v) is 11.7. The summed E-state index contributed by atoms with van der Waals surface area (Å²) in [7, 11) is 5.43. The van der Waals surface area contributed by atoms with Crippen LogP contribution in [0.25, 0.3) is 17.0 Å². The van der Waals surface area contributed by atoms with Crippen molar-refractivity contribution in [2.45, 2.75) is 44.6 Å². The number of aromatic nitrogens is 1. The Bertz CT molecular complexity index is 1510. The van der Waals surface area contributed by atoms with E-state index in [1.54, 1.807) is 32.4 Å². The van der Waals surface area contributed by atoms with E-state index in [2.05, 4.69) is 44.2 Å². The van der Waals surface area contributed by atoms with Gasteiger partial charge >= 0.3 is 6.03 Å². The van der Waals surface area contributed by atoms with Gasteiger partial charge in [-0.1, -0.05) is 19.3 Å². The maximum Gasteiger partial charge on any atom is 0.318 e. The molecular weight excluding hydrogens is 530 g/mol. The molecule has 2 aromatic carbocycles. The van der Waals surface area contributed by atoms with Crippen molar-refractivity contribution in [1.29, 1.82) is 0 Å². The van der Waals surface area contributed by atoms with Crippen molar-refractivity contribution in [1.82, 2.24) is 19.7 Å². The highest BCUT2D eigenvalue weighted by atomic mass is 16.5. The third kappa shape index (κ3) is 5.63. The molecule has 0 radical (unpaired) electrons. The van der Waals surface area contributed by atoms with Crippen LogP contribution in [-0.4, -0.2) is 80.1 Å². The Kier molecular flexibility index (Phi) is 8.22. The molecular formula is C33H41N5O4. The highest BCUT2D eigenvalue weighted by Gasteiger charge is 2.31. The van der Waals surface area contributed by atoms with Crippen LogP contribution in [0.5, 0.6) is 11.5 Å². The SMILES string of the molecule is CNC(=O)Nc1ccc2c(c1)C(=O)C(=Cc1c(C3CCCCC3)n(CCN3CCN(C)CC3)c3ccc(OC)cc13)O2. The molecule has 2 N–H and O–H groups in total. The highest BCUT2D eigenvalue weighted by molar-refractivity contribution is 6.16. The van der Waals surface area contributed by atoms with Crippen LogP contribution >= 0.6 is 0 Å². The second-order valence-electron chi connectivity index (χ2n) is 11.7. The number of nitrogens with zero attached hydrogens (tertiary/aromatic N) is 3. The number of ketones is 1. The van der Waals surface area contributed by atoms with Gasteiger partial charge in [0.25, 0.3) is 0 Å². The number of ether oxygens (including phenoxy) is 2. The number of Topliss-reactive ketones (excluding diaryl/α,β-unsaturated/α-hetero) is 1. The van der Waals surface area contributed by atoms with Crippen molar-refractivity contribution >= 4 is 34.5 Å². The number of benzene rings is 2. The van der Waals surface area contributed by atoms with Gasteiger partial charge in [-0.25, -0.2) is 4.79 Å². The molecule has 222 valence electrons. The number of carbonyl (C=O) groups excluding carboxylic acids is 2. The first-order valence-electron chi connectivity index (χ1n) is 15.1. The van der Waals surface area contributed by atoms with Crippen LogP contribution in [0, 0.1) is 0 Å². The molecule has 2 amide bonds. The minimum Gasteiger partial charge on any atom is -0.497 e. The predicted octanol–water partition coefficient (Wildman–Crippen LogP) is 5.31. The summed E-state index contributed by atoms with van der Waals surface area (Å²) in [5, 5.41) is 6.36. The molecule has 2 aliphatic heterocycles. The Labute approximate surface area is 247 Å². The average molecular weight is 572 g/mol. The molecule has 42 heavy (non-hydrogen) atoms. The largest absolute Gasteiger partial charge is 0.497 e. The van der Waals surface area contributed by atoms with Gasteiger partial charge in [0.1, 0.15) is 11.5 Å². The highest BCUT2D eigenvalue weighted by Crippen LogP contribution is 2.42. The Balaban J connectivity index is 1.42. The van der Waals surface area contributed by atoms with Gasteiger partial charge in [0.15, 0.2) is 5.76 Å². The van der Waals surface area contributed by atoms with Crippen LogP contribution in [0.2, 0.25) is 0 Å². The Morgan fingerprint density at radius 2 is 1.83 bits per heavy atom. The molecule has 9 heteroatoms. The predicted molar refractivity (Wildman–Crippen MR) is 166 cm³/mol. The molecule has 1 saturated heterocycles. The number of urea groups is 1. The summed E-state index contributed by atoms with van der Waals surface area (Å²) in [5.74, 6) is 1.84. The van der Waals surface area contributed by atoms with Crippen molar-refractivity contribution in [3.8, 4) is 11.5 Å². The van der Waals surface area contributed by atoms with Crippen LogP contribution in [0.4, 0.5) is 10.5 Å². The minimum absolute atomic E-state index is 0.179. The minimum atomic E-state index is -0.340. The summed E-state index contributed by atoms with van der Waals surface area (Å²) in [4.78, 5) is 30.4. The number of carbonyl (C=O) groups is 2. The number of amides is 2. The van der Waals surface area contributed by atoms with E-state index in [0.717, 1.165) is 74.3 Å². The van der Waals surface area contributed by atoms with E-state index in [-0.39, 0.29) is 11.8 Å². The van der Waals surface area contributed by atoms with Gasteiger partial charge in [-0.3, -0.25) is 9.69 Å². The molecule has 6 rings (SSSR count). The zero-order valence-corrected chi connectivity index (χ0v) is 24.9. The van der Waals surface area contributed by atoms with Crippen molar-refractivity contribution in [2.24, 2.45) is 0 Å². The van der Waals surface area contributed by atoms with E-state index in [0.29, 0.717) is 28.7 Å². The molecule has 3 heterocycles. The molecule has 3 aliphatic rings. The molecule has 0 spiro atoms. The lowest BCUT2D eigenvalue weighted by Crippen LogP contribution is -2.45. The Morgan fingerprint density at radius 1 is 1.05 bits per heavy atom. The summed E-state index contributed by atoms with van der Waals surface area (Å²) in [6.07, 6.45) is 7.93. The lowest BCUT2D eigenvalue weighted by molar-refractivity contribution is 0.101. The lowest BCUT2D eigenvalue weighted by Gasteiger charge is -2.33. The molecule has 1 aliphatic carbocycles. The third-order valence-electron chi connectivity index (χ3n) is 9.01. The van der Waals surface area contributed by atoms with Gasteiger partial charge in [-0.15, -0.1) is 0 Å². The summed E-state index contributed by atoms with van der Waals surface area (Å²) in [6, 6.07) is 11.1. The quantitative estimate of drug-likeness (QED) is 0.374. The van der Waals surface area contributed by atoms with E-state index in [9.17, 15) is 9.59 Å². The first-order valence-corrected chi connectivity index (χ1v) is 15.1. The molecule has 0 bridgehead atoms. The van der Waals surface area contributed by atoms with E-state index in [1.165, 1.54) is 25.0 Å². The van der Waals surface area contributed by atoms with Crippen molar-refractivity contribution in [3.63, 3.8) is 0 Å². The van der Waals surface area contributed by atoms with Crippen molar-refractivity contribution in [3.05, 3.63) is 59.0 Å². The normalized spacial score (nSPS) is 19.2. The zero-order chi connectivity index (χ0) is 29.2. The van der Waals surface area contributed by atoms with Gasteiger partial charge in [0, 0.05) is 74.2 Å². The smallest absolute Gasteiger partial charge is 0.318 e. The number of piperazine rings is 1. The van der Waals surface area contributed by atoms with E-state index in [1.807, 2.05) is 12.1 Å². The number of fused-ring (bicyclic) bond motifs is 2. The molecule has 9 nitrogen and oxygen atoms in total. The lowest BCUT2D eigenvalue weighted by atomic mass is 9.85. The molecule has 1 aromatic heterocycles. The second kappa shape index (κ2) is 12.2. The molecule has 2 fully saturated rings. The topological polar surface area (TPSA) is 88.1 Å². The fourth-order valence-electron chi connectivity index (χ4n) is 6.62. The maximum atomic E-state index is 13.7. The van der Waals surface area contributed by atoms with Gasteiger partial charge in [0.05, 0.1) is 12.7 Å². The molecule has 3 aromatic rings. The summed E-state index contributed by atoms with van der Waals surface area (Å²) in [6.45, 7) is 6.23. The van der Waals surface area contributed by atoms with E-state index < -0.39 is 0 Å². The number of allylic oxidation sites excluding steroid dienone is 1. The van der Waals surface area contributed by atoms with Gasteiger partial charge < -0.3 is 29.6 Å². The first kappa shape index (κ1) is 28.3. The standard InChI is InChI=1S/C33H41N5O4/c1-34-33(40)35-23-9-12-29-27(19-23)32(39)30(42-29)21-26-25-20-24(41-3)10-11-28(25)38(31(26)22-7-5-4-6-8-22)18-17-37-15-13-36(2)14-16-37/h9-12,19-22H,4-8,13-18H2,1-3H3,(H2,34,35,40). The number of likely N-dealkylation sites (N-methyl/N-ethyl adjacent to an activating group) is 1. The maximum absolute atomic E-state index is 13.7. The average Bonchev–Trinajstić information content (AvgIpc) is 3.50. The summed E-state index contributed by atoms with van der Waals surface area (Å²) in [5.41, 5.74) is 4.51. The van der Waals surface area contributed by atoms with Crippen LogP contribution in [0.15, 0.2) is 42.2 Å². The van der Waals surface area contributed by atoms with Crippen molar-refractivity contribution < 1.29 is 19.1 Å². The van der Waals surface area contributed by atoms with Crippen LogP contribution < -0.4 is 20.1 Å². The van der Waals surface area contributed by atoms with Gasteiger partial charge in [-0.05, 0) is 68.3 Å². The number of hydrogen-bond acceptors (Lipinski definition) is 6. The zero-order valence-electron chi connectivity index (χ0n) is 24.9. The van der Waals surface area contributed by atoms with Gasteiger partial charge in [0.2, 0.25) is 5.78 Å². The number of hydrogen-bond donors (Lipinski definition) is 2. The fraction of sp³-hybridized carbons (Fsp3) is 0.455. The Hall–Kier alpha value is -3.82. The molecule has 1 saturated carbocycles. The molecule has 0 unspecified atom stereocenters. The van der Waals surface area contributed by atoms with Crippen LogP contribution in [0.3, 0.4) is 0 Å². The monoisotopic (exact) mass is 571 g/mol. The summed E-state index contributed by atoms with van der Waals surface area (Å²) >= 11 is 0. The van der Waals surface area contributed by atoms with Gasteiger partial charge in [-0.2, -0.15) is 0 Å². The van der Waals surface area contributed by atoms with E-state index in [4.69, 9.17) is 9.47 Å². The van der Waals surface area contributed by atoms with E-state index >= 15 is 0 Å². The number of rotatable bonds is 7. The molecule has 0 atom stereocenters. The van der Waals surface area contributed by atoms with Crippen LogP contribution in [-0.2, 0) is 6.54 Å². The number of nitrogens with one attached hydrogen (secondary N) is 2. The third-order valence-corrected chi connectivity index (χ3v) is 9.01. The number of anilines is 1. The fourth-order valence-corrected chi connectivity index (χ4v) is 6.62. The first-order chi connectivity index (χ1) is 20.4. The Morgan fingerprint density at radius 3 is 2.57 bits per heavy atom. The number of methoxy groups -OCH3 is 1.